The topological polar surface area (TPSA) is 123 Å². The second-order valence-electron chi connectivity index (χ2n) is 10.6. The SMILES string of the molecule is CC[C@@H](Nc1cc(F)c(C(=O)N[C@@H](Cc2ccc(-c3nc(C)c(C)n(C)c3=O)c3c2CCCO3)C(=O)O)c(F)c1)C(F)(F)F. The van der Waals surface area contributed by atoms with Crippen LogP contribution in [0.25, 0.3) is 11.3 Å². The van der Waals surface area contributed by atoms with Gasteiger partial charge in [-0.05, 0) is 62.4 Å². The quantitative estimate of drug-likeness (QED) is 0.292. The number of ether oxygens (including phenoxy) is 1. The summed E-state index contributed by atoms with van der Waals surface area (Å²) in [5.41, 5.74) is 0.976. The van der Waals surface area contributed by atoms with Crippen LogP contribution in [0, 0.1) is 25.5 Å². The third-order valence-electron chi connectivity index (χ3n) is 7.68. The van der Waals surface area contributed by atoms with Crippen molar-refractivity contribution in [2.75, 3.05) is 11.9 Å². The summed E-state index contributed by atoms with van der Waals surface area (Å²) >= 11 is 0. The number of anilines is 1. The number of alkyl halides is 3. The molecule has 0 aliphatic carbocycles. The van der Waals surface area contributed by atoms with Crippen LogP contribution in [-0.4, -0.2) is 51.4 Å². The Balaban J connectivity index is 1.63. The number of nitrogens with one attached hydrogen (secondary N) is 2. The number of fused-ring (bicyclic) bond motifs is 1. The number of nitrogens with zero attached hydrogens (tertiary/aromatic N) is 2. The first-order valence-electron chi connectivity index (χ1n) is 13.8. The Labute approximate surface area is 249 Å². The number of aryl methyl sites for hydroxylation is 1. The molecular weight excluding hydrogens is 591 g/mol. The molecule has 2 heterocycles. The number of carboxylic acid groups (broad SMARTS) is 1. The first-order valence-corrected chi connectivity index (χ1v) is 13.8. The van der Waals surface area contributed by atoms with E-state index in [0.29, 0.717) is 65.4 Å². The average Bonchev–Trinajstić information content (AvgIpc) is 2.95. The third kappa shape index (κ3) is 6.53. The molecule has 1 aliphatic heterocycles. The van der Waals surface area contributed by atoms with Crippen LogP contribution < -0.4 is 20.9 Å². The monoisotopic (exact) mass is 622 g/mol. The Morgan fingerprint density at radius 1 is 1.16 bits per heavy atom. The molecular formula is C30H31F5N4O5. The number of aromatic nitrogens is 2. The van der Waals surface area contributed by atoms with Crippen molar-refractivity contribution in [3.8, 4) is 17.0 Å². The molecule has 44 heavy (non-hydrogen) atoms. The second kappa shape index (κ2) is 12.6. The highest BCUT2D eigenvalue weighted by atomic mass is 19.4. The van der Waals surface area contributed by atoms with Crippen LogP contribution in [0.5, 0.6) is 5.75 Å². The molecule has 9 nitrogen and oxygen atoms in total. The summed E-state index contributed by atoms with van der Waals surface area (Å²) in [5, 5.41) is 14.0. The summed E-state index contributed by atoms with van der Waals surface area (Å²) in [5.74, 6) is -5.46. The van der Waals surface area contributed by atoms with Gasteiger partial charge in [0.2, 0.25) is 0 Å². The summed E-state index contributed by atoms with van der Waals surface area (Å²) in [6, 6.07) is 0.535. The predicted molar refractivity (Wildman–Crippen MR) is 151 cm³/mol. The summed E-state index contributed by atoms with van der Waals surface area (Å²) in [4.78, 5) is 42.5. The number of carbonyl (C=O) groups is 2. The molecule has 0 bridgehead atoms. The van der Waals surface area contributed by atoms with E-state index in [9.17, 15) is 41.4 Å². The van der Waals surface area contributed by atoms with Gasteiger partial charge >= 0.3 is 12.1 Å². The van der Waals surface area contributed by atoms with Crippen LogP contribution in [0.15, 0.2) is 29.1 Å². The van der Waals surface area contributed by atoms with E-state index in [4.69, 9.17) is 4.74 Å². The number of hydrogen-bond donors (Lipinski definition) is 3. The highest BCUT2D eigenvalue weighted by Gasteiger charge is 2.38. The molecule has 14 heteroatoms. The fraction of sp³-hybridized carbons (Fsp3) is 0.400. The lowest BCUT2D eigenvalue weighted by Crippen LogP contribution is -2.43. The number of carboxylic acids is 1. The molecule has 1 amide bonds. The summed E-state index contributed by atoms with van der Waals surface area (Å²) in [7, 11) is 1.62. The lowest BCUT2D eigenvalue weighted by molar-refractivity contribution is -0.143. The van der Waals surface area contributed by atoms with Crippen LogP contribution in [-0.2, 0) is 24.7 Å². The molecule has 0 unspecified atom stereocenters. The predicted octanol–water partition coefficient (Wildman–Crippen LogP) is 4.85. The Kier molecular flexibility index (Phi) is 9.30. The Morgan fingerprint density at radius 2 is 1.82 bits per heavy atom. The van der Waals surface area contributed by atoms with Gasteiger partial charge in [-0.15, -0.1) is 0 Å². The highest BCUT2D eigenvalue weighted by Crippen LogP contribution is 2.37. The Hall–Kier alpha value is -4.49. The smallest absolute Gasteiger partial charge is 0.408 e. The minimum absolute atomic E-state index is 0.160. The number of benzene rings is 2. The van der Waals surface area contributed by atoms with Gasteiger partial charge in [0.05, 0.1) is 12.3 Å². The summed E-state index contributed by atoms with van der Waals surface area (Å²) < 4.78 is 76.3. The van der Waals surface area contributed by atoms with Crippen LogP contribution >= 0.6 is 0 Å². The van der Waals surface area contributed by atoms with Gasteiger partial charge in [0.15, 0.2) is 0 Å². The first-order chi connectivity index (χ1) is 20.6. The summed E-state index contributed by atoms with van der Waals surface area (Å²) in [6.07, 6.45) is -4.32. The molecule has 2 atom stereocenters. The molecule has 1 aliphatic rings. The van der Waals surface area contributed by atoms with E-state index in [2.05, 4.69) is 10.3 Å². The minimum atomic E-state index is -4.68. The van der Waals surface area contributed by atoms with Gasteiger partial charge in [-0.25, -0.2) is 18.6 Å². The maximum absolute atomic E-state index is 14.8. The van der Waals surface area contributed by atoms with Gasteiger partial charge in [0.1, 0.15) is 40.7 Å². The van der Waals surface area contributed by atoms with E-state index in [1.165, 1.54) is 11.5 Å². The van der Waals surface area contributed by atoms with Gasteiger partial charge in [0.25, 0.3) is 11.5 Å². The van der Waals surface area contributed by atoms with Crippen LogP contribution in [0.1, 0.15) is 52.6 Å². The number of amides is 1. The molecule has 0 spiro atoms. The number of hydrogen-bond acceptors (Lipinski definition) is 6. The molecule has 3 N–H and O–H groups in total. The Bertz CT molecular complexity index is 1650. The number of halogens is 5. The first kappa shape index (κ1) is 32.4. The van der Waals surface area contributed by atoms with Crippen molar-refractivity contribution >= 4 is 17.6 Å². The van der Waals surface area contributed by atoms with Crippen LogP contribution in [0.4, 0.5) is 27.6 Å². The van der Waals surface area contributed by atoms with Crippen molar-refractivity contribution in [1.29, 1.82) is 0 Å². The molecule has 0 radical (unpaired) electrons. The lowest BCUT2D eigenvalue weighted by atomic mass is 9.91. The molecule has 4 rings (SSSR count). The van der Waals surface area contributed by atoms with Gasteiger partial charge in [0, 0.05) is 30.4 Å². The summed E-state index contributed by atoms with van der Waals surface area (Å²) in [6.45, 7) is 5.12. The Morgan fingerprint density at radius 3 is 2.41 bits per heavy atom. The van der Waals surface area contributed by atoms with E-state index in [1.807, 2.05) is 5.32 Å². The standard InChI is InChI=1S/C30H31F5N4O5/c1-5-23(30(33,34)35)37-17-12-20(31)24(21(32)13-17)27(40)38-22(29(42)43)11-16-8-9-19(26-18(16)7-6-10-44-26)25-28(41)39(4)15(3)14(2)36-25/h8-9,12-13,22-23,37H,5-7,10-11H2,1-4H3,(H,38,40)(H,42,43)/t22-,23+/m0/s1. The highest BCUT2D eigenvalue weighted by molar-refractivity contribution is 5.97. The molecule has 236 valence electrons. The molecule has 0 saturated heterocycles. The normalized spacial score (nSPS) is 14.3. The third-order valence-corrected chi connectivity index (χ3v) is 7.68. The fourth-order valence-electron chi connectivity index (χ4n) is 5.07. The molecule has 2 aromatic carbocycles. The van der Waals surface area contributed by atoms with Crippen molar-refractivity contribution < 1.29 is 41.4 Å². The van der Waals surface area contributed by atoms with Crippen molar-refractivity contribution in [2.24, 2.45) is 7.05 Å². The largest absolute Gasteiger partial charge is 0.493 e. The number of rotatable bonds is 9. The molecule has 0 saturated carbocycles. The van der Waals surface area contributed by atoms with Gasteiger partial charge in [-0.2, -0.15) is 13.2 Å². The van der Waals surface area contributed by atoms with E-state index in [-0.39, 0.29) is 17.7 Å². The van der Waals surface area contributed by atoms with Gasteiger partial charge in [-0.1, -0.05) is 13.0 Å². The number of carbonyl (C=O) groups excluding carboxylic acids is 1. The molecule has 3 aromatic rings. The molecule has 0 fully saturated rings. The van der Waals surface area contributed by atoms with Gasteiger partial charge in [-0.3, -0.25) is 9.59 Å². The maximum atomic E-state index is 14.8. The minimum Gasteiger partial charge on any atom is -0.493 e. The van der Waals surface area contributed by atoms with Crippen molar-refractivity contribution in [2.45, 2.75) is 64.7 Å². The van der Waals surface area contributed by atoms with Crippen molar-refractivity contribution in [3.63, 3.8) is 0 Å². The average molecular weight is 623 g/mol. The van der Waals surface area contributed by atoms with Crippen molar-refractivity contribution in [3.05, 3.63) is 74.3 Å². The van der Waals surface area contributed by atoms with Crippen LogP contribution in [0.3, 0.4) is 0 Å². The van der Waals surface area contributed by atoms with E-state index >= 15 is 0 Å². The van der Waals surface area contributed by atoms with Crippen molar-refractivity contribution in [1.82, 2.24) is 14.9 Å². The van der Waals surface area contributed by atoms with Crippen LogP contribution in [0.2, 0.25) is 0 Å². The van der Waals surface area contributed by atoms with E-state index in [1.54, 1.807) is 33.0 Å². The molecule has 1 aromatic heterocycles. The zero-order valence-electron chi connectivity index (χ0n) is 24.4. The van der Waals surface area contributed by atoms with E-state index < -0.39 is 59.4 Å². The number of aliphatic carboxylic acids is 1. The zero-order chi connectivity index (χ0) is 32.5. The maximum Gasteiger partial charge on any atom is 0.408 e. The second-order valence-corrected chi connectivity index (χ2v) is 10.6. The van der Waals surface area contributed by atoms with E-state index in [0.717, 1.165) is 0 Å². The lowest BCUT2D eigenvalue weighted by Gasteiger charge is -2.25. The van der Waals surface area contributed by atoms with Gasteiger partial charge < -0.3 is 25.0 Å². The zero-order valence-corrected chi connectivity index (χ0v) is 24.4. The fourth-order valence-corrected chi connectivity index (χ4v) is 5.07.